The van der Waals surface area contributed by atoms with Crippen LogP contribution in [0, 0.1) is 5.41 Å². The van der Waals surface area contributed by atoms with E-state index in [0.717, 1.165) is 0 Å². The second-order valence-corrected chi connectivity index (χ2v) is 9.42. The number of hydrogen-bond donors (Lipinski definition) is 4. The summed E-state index contributed by atoms with van der Waals surface area (Å²) in [5.41, 5.74) is -3.14. The Labute approximate surface area is 176 Å². The normalized spacial score (nSPS) is 17.7. The van der Waals surface area contributed by atoms with Crippen LogP contribution in [-0.2, 0) is 28.7 Å². The van der Waals surface area contributed by atoms with Crippen LogP contribution in [0.5, 0.6) is 0 Å². The first-order chi connectivity index (χ1) is 13.6. The fourth-order valence-corrected chi connectivity index (χ4v) is 2.78. The molecule has 1 fully saturated rings. The third-order valence-electron chi connectivity index (χ3n) is 4.43. The van der Waals surface area contributed by atoms with E-state index in [2.05, 4.69) is 10.6 Å². The van der Waals surface area contributed by atoms with Crippen molar-refractivity contribution >= 4 is 23.8 Å². The van der Waals surface area contributed by atoms with Crippen molar-refractivity contribution in [1.82, 2.24) is 10.6 Å². The van der Waals surface area contributed by atoms with E-state index >= 15 is 0 Å². The molecule has 172 valence electrons. The molecule has 2 atom stereocenters. The van der Waals surface area contributed by atoms with Gasteiger partial charge in [-0.25, -0.2) is 9.59 Å². The van der Waals surface area contributed by atoms with Gasteiger partial charge in [-0.1, -0.05) is 6.42 Å². The lowest BCUT2D eigenvalue weighted by atomic mass is 9.67. The van der Waals surface area contributed by atoms with Crippen LogP contribution < -0.4 is 10.6 Å². The quantitative estimate of drug-likeness (QED) is 0.305. The van der Waals surface area contributed by atoms with Crippen molar-refractivity contribution in [3.63, 3.8) is 0 Å². The summed E-state index contributed by atoms with van der Waals surface area (Å²) in [6.45, 7) is 8.48. The van der Waals surface area contributed by atoms with Gasteiger partial charge in [0.1, 0.15) is 16.6 Å². The van der Waals surface area contributed by atoms with Crippen LogP contribution in [0.2, 0.25) is 0 Å². The lowest BCUT2D eigenvalue weighted by molar-refractivity contribution is -0.164. The smallest absolute Gasteiger partial charge is 0.331 e. The summed E-state index contributed by atoms with van der Waals surface area (Å²) >= 11 is 0. The Morgan fingerprint density at radius 3 is 1.33 bits per heavy atom. The molecule has 0 saturated heterocycles. The second kappa shape index (κ2) is 9.74. The largest absolute Gasteiger partial charge is 0.458 e. The van der Waals surface area contributed by atoms with Gasteiger partial charge in [-0.2, -0.15) is 0 Å². The zero-order valence-corrected chi connectivity index (χ0v) is 18.5. The summed E-state index contributed by atoms with van der Waals surface area (Å²) in [5, 5.41) is 23.7. The molecule has 1 saturated carbocycles. The summed E-state index contributed by atoms with van der Waals surface area (Å²) in [7, 11) is 0. The van der Waals surface area contributed by atoms with Crippen LogP contribution in [0.3, 0.4) is 0 Å². The Kier molecular flexibility index (Phi) is 8.39. The number of esters is 2. The van der Waals surface area contributed by atoms with Crippen molar-refractivity contribution in [3.8, 4) is 0 Å². The van der Waals surface area contributed by atoms with Crippen LogP contribution >= 0.6 is 0 Å². The molecule has 0 heterocycles. The Balaban J connectivity index is 2.88. The highest BCUT2D eigenvalue weighted by Crippen LogP contribution is 2.41. The van der Waals surface area contributed by atoms with E-state index in [-0.39, 0.29) is 12.8 Å². The minimum atomic E-state index is -1.51. The van der Waals surface area contributed by atoms with E-state index in [9.17, 15) is 29.4 Å². The van der Waals surface area contributed by atoms with E-state index in [1.807, 2.05) is 0 Å². The van der Waals surface area contributed by atoms with Gasteiger partial charge in [0.15, 0.2) is 12.1 Å². The zero-order valence-electron chi connectivity index (χ0n) is 18.5. The van der Waals surface area contributed by atoms with Crippen molar-refractivity contribution in [1.29, 1.82) is 0 Å². The number of aliphatic hydroxyl groups is 2. The Morgan fingerprint density at radius 2 is 1.13 bits per heavy atom. The lowest BCUT2D eigenvalue weighted by Gasteiger charge is -2.40. The van der Waals surface area contributed by atoms with Crippen LogP contribution in [0.4, 0.5) is 0 Å². The third-order valence-corrected chi connectivity index (χ3v) is 4.43. The van der Waals surface area contributed by atoms with Crippen molar-refractivity contribution in [2.45, 2.75) is 84.1 Å². The Morgan fingerprint density at radius 1 is 0.800 bits per heavy atom. The van der Waals surface area contributed by atoms with E-state index in [1.165, 1.54) is 0 Å². The minimum Gasteiger partial charge on any atom is -0.458 e. The average molecular weight is 430 g/mol. The molecule has 0 bridgehead atoms. The maximum absolute atomic E-state index is 12.8. The average Bonchev–Trinajstić information content (AvgIpc) is 2.52. The van der Waals surface area contributed by atoms with Crippen LogP contribution in [-0.4, -0.2) is 70.5 Å². The summed E-state index contributed by atoms with van der Waals surface area (Å²) in [4.78, 5) is 50.0. The number of carbonyl (C=O) groups is 4. The molecule has 0 spiro atoms. The fraction of sp³-hybridized carbons (Fsp3) is 0.800. The van der Waals surface area contributed by atoms with Crippen molar-refractivity contribution < 1.29 is 38.9 Å². The first-order valence-corrected chi connectivity index (χ1v) is 9.94. The molecule has 0 aliphatic heterocycles. The third kappa shape index (κ3) is 6.94. The molecular weight excluding hydrogens is 396 g/mol. The maximum Gasteiger partial charge on any atom is 0.331 e. The highest BCUT2D eigenvalue weighted by Gasteiger charge is 2.52. The fourth-order valence-electron chi connectivity index (χ4n) is 2.78. The molecule has 0 aromatic heterocycles. The van der Waals surface area contributed by atoms with Gasteiger partial charge in [0, 0.05) is 0 Å². The van der Waals surface area contributed by atoms with Crippen LogP contribution in [0.15, 0.2) is 0 Å². The molecular formula is C20H34N2O8. The van der Waals surface area contributed by atoms with Crippen molar-refractivity contribution in [3.05, 3.63) is 0 Å². The molecule has 0 radical (unpaired) electrons. The van der Waals surface area contributed by atoms with Crippen LogP contribution in [0.1, 0.15) is 60.8 Å². The molecule has 0 aromatic rings. The molecule has 10 nitrogen and oxygen atoms in total. The van der Waals surface area contributed by atoms with Gasteiger partial charge in [-0.3, -0.25) is 9.59 Å². The van der Waals surface area contributed by atoms with E-state index in [4.69, 9.17) is 9.47 Å². The van der Waals surface area contributed by atoms with Gasteiger partial charge in [-0.15, -0.1) is 0 Å². The van der Waals surface area contributed by atoms with Crippen molar-refractivity contribution in [2.24, 2.45) is 5.41 Å². The molecule has 4 N–H and O–H groups in total. The molecule has 2 amide bonds. The van der Waals surface area contributed by atoms with Gasteiger partial charge in [0.05, 0.1) is 13.2 Å². The molecule has 0 aromatic carbocycles. The Bertz CT molecular complexity index is 607. The predicted molar refractivity (Wildman–Crippen MR) is 106 cm³/mol. The topological polar surface area (TPSA) is 151 Å². The number of hydrogen-bond acceptors (Lipinski definition) is 8. The molecule has 1 aliphatic rings. The van der Waals surface area contributed by atoms with E-state index in [0.29, 0.717) is 6.42 Å². The summed E-state index contributed by atoms with van der Waals surface area (Å²) in [6, 6.07) is -2.66. The Hall–Kier alpha value is -2.20. The predicted octanol–water partition coefficient (Wildman–Crippen LogP) is -0.206. The highest BCUT2D eigenvalue weighted by atomic mass is 16.6. The molecule has 1 aliphatic carbocycles. The number of ether oxygens (including phenoxy) is 2. The van der Waals surface area contributed by atoms with Gasteiger partial charge < -0.3 is 30.3 Å². The number of amides is 2. The zero-order chi connectivity index (χ0) is 23.3. The van der Waals surface area contributed by atoms with Gasteiger partial charge in [-0.05, 0) is 54.4 Å². The van der Waals surface area contributed by atoms with E-state index in [1.54, 1.807) is 41.5 Å². The standard InChI is InChI=1S/C20H34N2O8/c1-18(2,3)29-14(25)12(10-23)21-16(27)20(8-7-9-20)17(28)22-13(11-24)15(26)30-19(4,5)6/h12-13,23-24H,7-11H2,1-6H3,(H,21,27)(H,22,28)/t12-,13-/m1/s1. The van der Waals surface area contributed by atoms with Crippen LogP contribution in [0.25, 0.3) is 0 Å². The van der Waals surface area contributed by atoms with Crippen molar-refractivity contribution in [2.75, 3.05) is 13.2 Å². The molecule has 1 rings (SSSR count). The molecule has 0 unspecified atom stereocenters. The second-order valence-electron chi connectivity index (χ2n) is 9.42. The molecule has 30 heavy (non-hydrogen) atoms. The number of rotatable bonds is 8. The monoisotopic (exact) mass is 430 g/mol. The summed E-state index contributed by atoms with van der Waals surface area (Å²) < 4.78 is 10.3. The van der Waals surface area contributed by atoms with Gasteiger partial charge in [0.25, 0.3) is 0 Å². The first kappa shape index (κ1) is 25.8. The highest BCUT2D eigenvalue weighted by molar-refractivity contribution is 6.07. The minimum absolute atomic E-state index is 0.198. The number of nitrogens with one attached hydrogen (secondary N) is 2. The number of carbonyl (C=O) groups excluding carboxylic acids is 4. The molecule has 10 heteroatoms. The number of aliphatic hydroxyl groups excluding tert-OH is 2. The van der Waals surface area contributed by atoms with Gasteiger partial charge >= 0.3 is 11.9 Å². The van der Waals surface area contributed by atoms with E-state index < -0.39 is 65.7 Å². The summed E-state index contributed by atoms with van der Waals surface area (Å²) in [5.74, 6) is -3.15. The first-order valence-electron chi connectivity index (χ1n) is 9.94. The lowest BCUT2D eigenvalue weighted by Crippen LogP contribution is -2.61. The van der Waals surface area contributed by atoms with Gasteiger partial charge in [0.2, 0.25) is 11.8 Å². The summed E-state index contributed by atoms with van der Waals surface area (Å²) in [6.07, 6.45) is 0.987. The maximum atomic E-state index is 12.8. The SMILES string of the molecule is CC(C)(C)OC(=O)[C@@H](CO)NC(=O)C1(C(=O)N[C@H](CO)C(=O)OC(C)(C)C)CCC1.